The molecule has 0 aliphatic heterocycles. The van der Waals surface area contributed by atoms with Gasteiger partial charge < -0.3 is 9.73 Å². The summed E-state index contributed by atoms with van der Waals surface area (Å²) in [6.45, 7) is 5.20. The van der Waals surface area contributed by atoms with Crippen LogP contribution in [0.2, 0.25) is 0 Å². The summed E-state index contributed by atoms with van der Waals surface area (Å²) in [5.74, 6) is 0.993. The van der Waals surface area contributed by atoms with Gasteiger partial charge in [-0.3, -0.25) is 4.98 Å². The van der Waals surface area contributed by atoms with Crippen molar-refractivity contribution in [2.24, 2.45) is 0 Å². The summed E-state index contributed by atoms with van der Waals surface area (Å²) in [7, 11) is 0. The van der Waals surface area contributed by atoms with Crippen LogP contribution in [0.3, 0.4) is 0 Å². The second kappa shape index (κ2) is 6.36. The molecular weight excluding hydrogens is 224 g/mol. The molecule has 3 heteroatoms. The van der Waals surface area contributed by atoms with Crippen molar-refractivity contribution < 1.29 is 4.42 Å². The molecule has 0 saturated carbocycles. The van der Waals surface area contributed by atoms with Gasteiger partial charge in [0.15, 0.2) is 0 Å². The summed E-state index contributed by atoms with van der Waals surface area (Å²) in [5, 5.41) is 3.57. The maximum absolute atomic E-state index is 5.41. The van der Waals surface area contributed by atoms with Crippen LogP contribution in [0.25, 0.3) is 0 Å². The molecule has 0 amide bonds. The lowest BCUT2D eigenvalue weighted by atomic mass is 10.0. The molecule has 1 N–H and O–H groups in total. The van der Waals surface area contributed by atoms with Crippen molar-refractivity contribution in [3.05, 3.63) is 53.7 Å². The van der Waals surface area contributed by atoms with Crippen LogP contribution in [0.15, 0.2) is 41.3 Å². The van der Waals surface area contributed by atoms with Crippen molar-refractivity contribution in [2.75, 3.05) is 6.54 Å². The predicted octanol–water partition coefficient (Wildman–Crippen LogP) is 3.27. The van der Waals surface area contributed by atoms with Gasteiger partial charge in [0.1, 0.15) is 5.76 Å². The summed E-state index contributed by atoms with van der Waals surface area (Å²) in [6.07, 6.45) is 7.56. The molecule has 2 heterocycles. The number of hydrogen-bond acceptors (Lipinski definition) is 3. The Hall–Kier alpha value is -1.61. The van der Waals surface area contributed by atoms with Gasteiger partial charge in [0.2, 0.25) is 0 Å². The minimum absolute atomic E-state index is 0.299. The van der Waals surface area contributed by atoms with Gasteiger partial charge in [0.05, 0.1) is 6.26 Å². The van der Waals surface area contributed by atoms with Crippen LogP contribution < -0.4 is 5.32 Å². The minimum Gasteiger partial charge on any atom is -0.469 e. The molecule has 0 saturated heterocycles. The van der Waals surface area contributed by atoms with Crippen LogP contribution >= 0.6 is 0 Å². The van der Waals surface area contributed by atoms with Gasteiger partial charge in [-0.05, 0) is 44.0 Å². The topological polar surface area (TPSA) is 38.1 Å². The first kappa shape index (κ1) is 12.8. The zero-order valence-corrected chi connectivity index (χ0v) is 11.0. The Morgan fingerprint density at radius 1 is 1.39 bits per heavy atom. The van der Waals surface area contributed by atoms with Crippen molar-refractivity contribution in [3.8, 4) is 0 Å². The van der Waals surface area contributed by atoms with E-state index in [2.05, 4.69) is 29.4 Å². The summed E-state index contributed by atoms with van der Waals surface area (Å²) in [5.41, 5.74) is 2.49. The number of aromatic nitrogens is 1. The number of nitrogens with zero attached hydrogens (tertiary/aromatic N) is 1. The Morgan fingerprint density at radius 2 is 2.28 bits per heavy atom. The molecule has 0 aromatic carbocycles. The van der Waals surface area contributed by atoms with E-state index in [1.165, 1.54) is 11.1 Å². The highest BCUT2D eigenvalue weighted by atomic mass is 16.3. The van der Waals surface area contributed by atoms with Crippen LogP contribution in [0.4, 0.5) is 0 Å². The van der Waals surface area contributed by atoms with Gasteiger partial charge in [-0.1, -0.05) is 13.0 Å². The highest BCUT2D eigenvalue weighted by Crippen LogP contribution is 2.22. The molecule has 0 aliphatic carbocycles. The second-order valence-electron chi connectivity index (χ2n) is 4.50. The third-order valence-corrected chi connectivity index (χ3v) is 3.08. The van der Waals surface area contributed by atoms with Gasteiger partial charge in [-0.15, -0.1) is 0 Å². The first-order valence-corrected chi connectivity index (χ1v) is 6.47. The van der Waals surface area contributed by atoms with Crippen molar-refractivity contribution in [1.29, 1.82) is 0 Å². The average Bonchev–Trinajstić information content (AvgIpc) is 2.82. The zero-order chi connectivity index (χ0) is 12.8. The van der Waals surface area contributed by atoms with E-state index in [4.69, 9.17) is 4.42 Å². The Morgan fingerprint density at radius 3 is 2.89 bits per heavy atom. The normalized spacial score (nSPS) is 12.6. The second-order valence-corrected chi connectivity index (χ2v) is 4.50. The summed E-state index contributed by atoms with van der Waals surface area (Å²) < 4.78 is 5.41. The minimum atomic E-state index is 0.299. The number of hydrogen-bond donors (Lipinski definition) is 1. The van der Waals surface area contributed by atoms with Gasteiger partial charge >= 0.3 is 0 Å². The predicted molar refractivity (Wildman–Crippen MR) is 72.4 cm³/mol. The first-order chi connectivity index (χ1) is 8.81. The van der Waals surface area contributed by atoms with Crippen molar-refractivity contribution in [3.63, 3.8) is 0 Å². The lowest BCUT2D eigenvalue weighted by Gasteiger charge is -2.18. The van der Waals surface area contributed by atoms with Gasteiger partial charge in [-0.25, -0.2) is 0 Å². The van der Waals surface area contributed by atoms with Crippen LogP contribution in [0, 0.1) is 6.92 Å². The summed E-state index contributed by atoms with van der Waals surface area (Å²) in [4.78, 5) is 4.17. The third-order valence-electron chi connectivity index (χ3n) is 3.08. The Kier molecular flexibility index (Phi) is 4.53. The molecule has 2 aromatic rings. The molecule has 1 atom stereocenters. The molecular formula is C15H20N2O. The van der Waals surface area contributed by atoms with E-state index in [9.17, 15) is 0 Å². The number of pyridine rings is 1. The molecule has 0 aliphatic rings. The molecule has 96 valence electrons. The number of nitrogens with one attached hydrogen (secondary N) is 1. The third kappa shape index (κ3) is 3.20. The number of rotatable bonds is 6. The highest BCUT2D eigenvalue weighted by Gasteiger charge is 2.15. The Balaban J connectivity index is 2.13. The molecule has 3 nitrogen and oxygen atoms in total. The fourth-order valence-electron chi connectivity index (χ4n) is 2.12. The fraction of sp³-hybridized carbons (Fsp3) is 0.400. The lowest BCUT2D eigenvalue weighted by Crippen LogP contribution is -2.24. The van der Waals surface area contributed by atoms with E-state index in [1.54, 1.807) is 12.5 Å². The summed E-state index contributed by atoms with van der Waals surface area (Å²) in [6, 6.07) is 6.45. The van der Waals surface area contributed by atoms with Crippen LogP contribution in [0.5, 0.6) is 0 Å². The quantitative estimate of drug-likeness (QED) is 0.847. The standard InChI is InChI=1S/C15H20N2O/c1-3-7-17-15(14-6-9-18-12(14)2)10-13-5-4-8-16-11-13/h4-6,8-9,11,15,17H,3,7,10H2,1-2H3. The fourth-order valence-corrected chi connectivity index (χ4v) is 2.12. The lowest BCUT2D eigenvalue weighted by molar-refractivity contribution is 0.493. The van der Waals surface area contributed by atoms with Crippen LogP contribution in [0.1, 0.15) is 36.3 Å². The molecule has 2 rings (SSSR count). The van der Waals surface area contributed by atoms with E-state index in [0.717, 1.165) is 25.1 Å². The average molecular weight is 244 g/mol. The van der Waals surface area contributed by atoms with Crippen molar-refractivity contribution in [1.82, 2.24) is 10.3 Å². The van der Waals surface area contributed by atoms with Gasteiger partial charge in [0, 0.05) is 24.0 Å². The molecule has 0 radical (unpaired) electrons. The van der Waals surface area contributed by atoms with E-state index < -0.39 is 0 Å². The van der Waals surface area contributed by atoms with Crippen LogP contribution in [-0.2, 0) is 6.42 Å². The van der Waals surface area contributed by atoms with Crippen molar-refractivity contribution in [2.45, 2.75) is 32.7 Å². The van der Waals surface area contributed by atoms with E-state index in [1.807, 2.05) is 19.2 Å². The van der Waals surface area contributed by atoms with E-state index >= 15 is 0 Å². The van der Waals surface area contributed by atoms with Gasteiger partial charge in [0.25, 0.3) is 0 Å². The number of aryl methyl sites for hydroxylation is 1. The SMILES string of the molecule is CCCNC(Cc1cccnc1)c1ccoc1C. The highest BCUT2D eigenvalue weighted by molar-refractivity contribution is 5.23. The van der Waals surface area contributed by atoms with E-state index in [0.29, 0.717) is 6.04 Å². The smallest absolute Gasteiger partial charge is 0.105 e. The molecule has 0 bridgehead atoms. The molecule has 1 unspecified atom stereocenters. The largest absolute Gasteiger partial charge is 0.469 e. The molecule has 0 fully saturated rings. The molecule has 18 heavy (non-hydrogen) atoms. The zero-order valence-electron chi connectivity index (χ0n) is 11.0. The Bertz CT molecular complexity index is 464. The molecule has 2 aromatic heterocycles. The van der Waals surface area contributed by atoms with Crippen molar-refractivity contribution >= 4 is 0 Å². The number of furan rings is 1. The maximum atomic E-state index is 5.41. The van der Waals surface area contributed by atoms with Crippen LogP contribution in [-0.4, -0.2) is 11.5 Å². The summed E-state index contributed by atoms with van der Waals surface area (Å²) >= 11 is 0. The molecule has 0 spiro atoms. The van der Waals surface area contributed by atoms with E-state index in [-0.39, 0.29) is 0 Å². The van der Waals surface area contributed by atoms with Gasteiger partial charge in [-0.2, -0.15) is 0 Å². The maximum Gasteiger partial charge on any atom is 0.105 e. The first-order valence-electron chi connectivity index (χ1n) is 6.47. The monoisotopic (exact) mass is 244 g/mol. The Labute approximate surface area is 108 Å².